The summed E-state index contributed by atoms with van der Waals surface area (Å²) in [6.07, 6.45) is 0.903. The van der Waals surface area contributed by atoms with Gasteiger partial charge in [-0.25, -0.2) is 0 Å². The lowest BCUT2D eigenvalue weighted by Gasteiger charge is -2.34. The fourth-order valence-corrected chi connectivity index (χ4v) is 2.55. The van der Waals surface area contributed by atoms with Crippen molar-refractivity contribution in [1.82, 2.24) is 0 Å². The van der Waals surface area contributed by atoms with E-state index in [1.807, 2.05) is 6.07 Å². The molecule has 2 fully saturated rings. The van der Waals surface area contributed by atoms with Gasteiger partial charge >= 0.3 is 11.9 Å². The molecule has 0 amide bonds. The molecular weight excluding hydrogens is 238 g/mol. The summed E-state index contributed by atoms with van der Waals surface area (Å²) in [4.78, 5) is 23.6. The molecule has 2 rings (SSSR count). The second-order valence-electron chi connectivity index (χ2n) is 4.43. The molecule has 6 nitrogen and oxygen atoms in total. The molecule has 0 aliphatic carbocycles. The van der Waals surface area contributed by atoms with E-state index >= 15 is 0 Å². The molecule has 2 saturated heterocycles. The highest BCUT2D eigenvalue weighted by Gasteiger charge is 2.59. The number of hydrogen-bond acceptors (Lipinski definition) is 6. The summed E-state index contributed by atoms with van der Waals surface area (Å²) >= 11 is 0. The quantitative estimate of drug-likeness (QED) is 0.523. The first-order valence-electron chi connectivity index (χ1n) is 6.01. The van der Waals surface area contributed by atoms with E-state index in [1.165, 1.54) is 0 Å². The van der Waals surface area contributed by atoms with E-state index in [2.05, 4.69) is 0 Å². The highest BCUT2D eigenvalue weighted by molar-refractivity contribution is 5.97. The summed E-state index contributed by atoms with van der Waals surface area (Å²) in [5.41, 5.74) is -0.874. The summed E-state index contributed by atoms with van der Waals surface area (Å²) in [5.74, 6) is -3.22. The number of carbonyl (C=O) groups is 2. The van der Waals surface area contributed by atoms with Gasteiger partial charge in [0.15, 0.2) is 5.92 Å². The van der Waals surface area contributed by atoms with Gasteiger partial charge in [-0.05, 0) is 6.92 Å². The molecule has 2 heterocycles. The molecule has 1 spiro atoms. The molecule has 0 bridgehead atoms. The van der Waals surface area contributed by atoms with Crippen molar-refractivity contribution in [3.63, 3.8) is 0 Å². The maximum absolute atomic E-state index is 11.8. The number of carbonyl (C=O) groups excluding carboxylic acids is 2. The molecule has 2 aliphatic rings. The standard InChI is InChI=1S/C12H15NO5/c1-2-17-10(14)9-8(7-13)12(18-11(9)15)3-5-16-6-4-12/h8-9H,2-6H2,1H3/t8-,9-/m0/s1. The average Bonchev–Trinajstić information content (AvgIpc) is 2.62. The zero-order valence-electron chi connectivity index (χ0n) is 10.2. The molecule has 6 heteroatoms. The minimum Gasteiger partial charge on any atom is -0.465 e. The lowest BCUT2D eigenvalue weighted by Crippen LogP contribution is -2.43. The first-order chi connectivity index (χ1) is 8.64. The number of nitriles is 1. The minimum atomic E-state index is -1.12. The maximum Gasteiger partial charge on any atom is 0.322 e. The fraction of sp³-hybridized carbons (Fsp3) is 0.750. The smallest absolute Gasteiger partial charge is 0.322 e. The van der Waals surface area contributed by atoms with E-state index in [0.717, 1.165) is 0 Å². The number of nitrogens with zero attached hydrogens (tertiary/aromatic N) is 1. The Hall–Kier alpha value is -1.61. The predicted molar refractivity (Wildman–Crippen MR) is 58.1 cm³/mol. The normalized spacial score (nSPS) is 29.7. The molecule has 2 aliphatic heterocycles. The Bertz CT molecular complexity index is 394. The van der Waals surface area contributed by atoms with E-state index in [4.69, 9.17) is 14.2 Å². The SMILES string of the molecule is CCOC(=O)[C@H]1C(=O)OC2(CCOCC2)[C@H]1C#N. The van der Waals surface area contributed by atoms with Crippen LogP contribution in [0.4, 0.5) is 0 Å². The molecule has 2 atom stereocenters. The van der Waals surface area contributed by atoms with E-state index in [-0.39, 0.29) is 6.61 Å². The Balaban J connectivity index is 2.24. The van der Waals surface area contributed by atoms with Crippen molar-refractivity contribution >= 4 is 11.9 Å². The van der Waals surface area contributed by atoms with Crippen LogP contribution in [0.25, 0.3) is 0 Å². The van der Waals surface area contributed by atoms with Crippen LogP contribution in [0.5, 0.6) is 0 Å². The molecule has 0 aromatic carbocycles. The van der Waals surface area contributed by atoms with Crippen molar-refractivity contribution < 1.29 is 23.8 Å². The third-order valence-corrected chi connectivity index (χ3v) is 3.48. The number of hydrogen-bond donors (Lipinski definition) is 0. The monoisotopic (exact) mass is 253 g/mol. The molecule has 0 saturated carbocycles. The number of esters is 2. The average molecular weight is 253 g/mol. The van der Waals surface area contributed by atoms with Crippen molar-refractivity contribution in [1.29, 1.82) is 5.26 Å². The maximum atomic E-state index is 11.8. The number of ether oxygens (including phenoxy) is 3. The van der Waals surface area contributed by atoms with E-state index in [0.29, 0.717) is 26.1 Å². The fourth-order valence-electron chi connectivity index (χ4n) is 2.55. The van der Waals surface area contributed by atoms with E-state index in [9.17, 15) is 14.9 Å². The second-order valence-corrected chi connectivity index (χ2v) is 4.43. The Morgan fingerprint density at radius 3 is 2.78 bits per heavy atom. The molecule has 0 radical (unpaired) electrons. The van der Waals surface area contributed by atoms with Gasteiger partial charge in [-0.3, -0.25) is 9.59 Å². The van der Waals surface area contributed by atoms with E-state index < -0.39 is 29.4 Å². The Labute approximate surface area is 105 Å². The molecule has 0 unspecified atom stereocenters. The zero-order valence-corrected chi connectivity index (χ0v) is 10.2. The van der Waals surface area contributed by atoms with Crippen molar-refractivity contribution in [2.45, 2.75) is 25.4 Å². The first-order valence-corrected chi connectivity index (χ1v) is 6.01. The second kappa shape index (κ2) is 4.94. The Kier molecular flexibility index (Phi) is 3.53. The van der Waals surface area contributed by atoms with Crippen LogP contribution in [0.1, 0.15) is 19.8 Å². The van der Waals surface area contributed by atoms with Crippen LogP contribution >= 0.6 is 0 Å². The predicted octanol–water partition coefficient (Wildman–Crippen LogP) is 0.411. The Morgan fingerprint density at radius 1 is 1.56 bits per heavy atom. The van der Waals surface area contributed by atoms with Crippen LogP contribution in [-0.2, 0) is 23.8 Å². The van der Waals surface area contributed by atoms with Gasteiger partial charge < -0.3 is 14.2 Å². The topological polar surface area (TPSA) is 85.6 Å². The minimum absolute atomic E-state index is 0.177. The third-order valence-electron chi connectivity index (χ3n) is 3.48. The first kappa shape index (κ1) is 12.8. The summed E-state index contributed by atoms with van der Waals surface area (Å²) in [7, 11) is 0. The van der Waals surface area contributed by atoms with Crippen LogP contribution in [0.3, 0.4) is 0 Å². The van der Waals surface area contributed by atoms with Crippen LogP contribution in [-0.4, -0.2) is 37.4 Å². The Morgan fingerprint density at radius 2 is 2.22 bits per heavy atom. The lowest BCUT2D eigenvalue weighted by atomic mass is 9.77. The summed E-state index contributed by atoms with van der Waals surface area (Å²) < 4.78 is 15.4. The highest BCUT2D eigenvalue weighted by Crippen LogP contribution is 2.44. The summed E-state index contributed by atoms with van der Waals surface area (Å²) in [6.45, 7) is 2.70. The van der Waals surface area contributed by atoms with Crippen LogP contribution < -0.4 is 0 Å². The van der Waals surface area contributed by atoms with Gasteiger partial charge in [-0.2, -0.15) is 5.26 Å². The van der Waals surface area contributed by atoms with Gasteiger partial charge in [0.05, 0.1) is 25.9 Å². The van der Waals surface area contributed by atoms with Gasteiger partial charge in [0.2, 0.25) is 0 Å². The van der Waals surface area contributed by atoms with Crippen molar-refractivity contribution in [2.75, 3.05) is 19.8 Å². The van der Waals surface area contributed by atoms with Crippen LogP contribution in [0.2, 0.25) is 0 Å². The van der Waals surface area contributed by atoms with Crippen LogP contribution in [0, 0.1) is 23.2 Å². The van der Waals surface area contributed by atoms with E-state index in [1.54, 1.807) is 6.92 Å². The van der Waals surface area contributed by atoms with Gasteiger partial charge in [-0.1, -0.05) is 0 Å². The molecule has 0 aromatic heterocycles. The van der Waals surface area contributed by atoms with Crippen LogP contribution in [0.15, 0.2) is 0 Å². The molecule has 18 heavy (non-hydrogen) atoms. The summed E-state index contributed by atoms with van der Waals surface area (Å²) in [6, 6.07) is 2.04. The van der Waals surface area contributed by atoms with Gasteiger partial charge in [0, 0.05) is 12.8 Å². The zero-order chi connectivity index (χ0) is 13.2. The third kappa shape index (κ3) is 1.95. The number of rotatable bonds is 2. The van der Waals surface area contributed by atoms with Gasteiger partial charge in [0.1, 0.15) is 11.5 Å². The van der Waals surface area contributed by atoms with Crippen molar-refractivity contribution in [3.05, 3.63) is 0 Å². The molecule has 98 valence electrons. The van der Waals surface area contributed by atoms with Crippen molar-refractivity contribution in [2.24, 2.45) is 11.8 Å². The molecule has 0 N–H and O–H groups in total. The van der Waals surface area contributed by atoms with Crippen molar-refractivity contribution in [3.8, 4) is 6.07 Å². The van der Waals surface area contributed by atoms with Gasteiger partial charge in [-0.15, -0.1) is 0 Å². The highest BCUT2D eigenvalue weighted by atomic mass is 16.6. The lowest BCUT2D eigenvalue weighted by molar-refractivity contribution is -0.161. The summed E-state index contributed by atoms with van der Waals surface area (Å²) in [5, 5.41) is 9.26. The largest absolute Gasteiger partial charge is 0.465 e. The molecule has 0 aromatic rings. The molecular formula is C12H15NO5. The van der Waals surface area contributed by atoms with Gasteiger partial charge in [0.25, 0.3) is 0 Å².